The molecule has 1 atom stereocenters. The van der Waals surface area contributed by atoms with Crippen LogP contribution in [-0.2, 0) is 27.2 Å². The Hall–Kier alpha value is -3.53. The minimum atomic E-state index is -1.32. The van der Waals surface area contributed by atoms with Crippen LogP contribution in [0.15, 0.2) is 29.3 Å². The molecule has 1 saturated heterocycles. The number of aryl methyl sites for hydroxylation is 1. The Morgan fingerprint density at radius 2 is 1.94 bits per heavy atom. The summed E-state index contributed by atoms with van der Waals surface area (Å²) in [7, 11) is 1.51. The van der Waals surface area contributed by atoms with Gasteiger partial charge in [0, 0.05) is 11.1 Å². The molecule has 33 heavy (non-hydrogen) atoms. The van der Waals surface area contributed by atoms with Crippen molar-refractivity contribution in [3.63, 3.8) is 0 Å². The van der Waals surface area contributed by atoms with Crippen LogP contribution in [0.2, 0.25) is 0 Å². The molecule has 1 aliphatic carbocycles. The van der Waals surface area contributed by atoms with Gasteiger partial charge in [-0.2, -0.15) is 0 Å². The zero-order valence-corrected chi connectivity index (χ0v) is 19.1. The Labute approximate surface area is 194 Å². The summed E-state index contributed by atoms with van der Waals surface area (Å²) in [6, 6.07) is 5.48. The highest BCUT2D eigenvalue weighted by atomic mass is 32.1. The van der Waals surface area contributed by atoms with Crippen LogP contribution in [0.4, 0.5) is 15.5 Å². The lowest BCUT2D eigenvalue weighted by molar-refractivity contribution is -0.131. The number of benzene rings is 1. The Balaban J connectivity index is 1.65. The third kappa shape index (κ3) is 4.38. The van der Waals surface area contributed by atoms with Gasteiger partial charge in [0.2, 0.25) is 5.91 Å². The molecule has 1 fully saturated rings. The molecule has 172 valence electrons. The number of nitrogens with one attached hydrogen (secondary N) is 1. The van der Waals surface area contributed by atoms with Crippen molar-refractivity contribution in [2.75, 3.05) is 18.6 Å². The van der Waals surface area contributed by atoms with Crippen LogP contribution in [0.5, 0.6) is 5.75 Å². The van der Waals surface area contributed by atoms with Crippen molar-refractivity contribution < 1.29 is 28.7 Å². The van der Waals surface area contributed by atoms with Gasteiger partial charge in [0.1, 0.15) is 10.8 Å². The van der Waals surface area contributed by atoms with Crippen molar-refractivity contribution in [2.45, 2.75) is 32.6 Å². The molecular weight excluding hydrogens is 446 g/mol. The van der Waals surface area contributed by atoms with Crippen LogP contribution < -0.4 is 15.0 Å². The largest absolute Gasteiger partial charge is 0.497 e. The number of aliphatic imine (C=N–C) groups is 1. The van der Waals surface area contributed by atoms with Gasteiger partial charge in [-0.25, -0.2) is 19.5 Å². The molecule has 1 aromatic carbocycles. The Kier molecular flexibility index (Phi) is 6.55. The summed E-state index contributed by atoms with van der Waals surface area (Å²) in [6.45, 7) is 1.96. The molecule has 0 saturated carbocycles. The fraction of sp³-hybridized carbons (Fsp3) is 0.348. The third-order valence-corrected chi connectivity index (χ3v) is 6.71. The van der Waals surface area contributed by atoms with E-state index in [1.165, 1.54) is 24.7 Å². The van der Waals surface area contributed by atoms with Gasteiger partial charge in [-0.1, -0.05) is 0 Å². The summed E-state index contributed by atoms with van der Waals surface area (Å²) in [4.78, 5) is 56.8. The molecule has 4 amide bonds. The number of urea groups is 1. The van der Waals surface area contributed by atoms with Gasteiger partial charge in [-0.15, -0.1) is 11.3 Å². The van der Waals surface area contributed by atoms with Crippen LogP contribution in [0, 0.1) is 5.92 Å². The third-order valence-electron chi connectivity index (χ3n) is 5.51. The van der Waals surface area contributed by atoms with E-state index in [1.54, 1.807) is 31.2 Å². The van der Waals surface area contributed by atoms with Gasteiger partial charge in [-0.3, -0.25) is 14.9 Å². The number of barbiturate groups is 1. The summed E-state index contributed by atoms with van der Waals surface area (Å²) in [6.07, 6.45) is 4.81. The highest BCUT2D eigenvalue weighted by Crippen LogP contribution is 2.40. The zero-order chi connectivity index (χ0) is 23.5. The van der Waals surface area contributed by atoms with Crippen LogP contribution >= 0.6 is 11.3 Å². The fourth-order valence-electron chi connectivity index (χ4n) is 3.90. The lowest BCUT2D eigenvalue weighted by Crippen LogP contribution is -2.58. The first-order chi connectivity index (χ1) is 15.9. The zero-order valence-electron chi connectivity index (χ0n) is 18.3. The molecule has 0 unspecified atom stereocenters. The molecule has 10 heteroatoms. The second kappa shape index (κ2) is 9.53. The number of carbonyl (C=O) groups is 4. The van der Waals surface area contributed by atoms with Crippen molar-refractivity contribution in [1.82, 2.24) is 5.32 Å². The van der Waals surface area contributed by atoms with Gasteiger partial charge in [0.25, 0.3) is 5.91 Å². The smallest absolute Gasteiger partial charge is 0.341 e. The number of anilines is 1. The predicted octanol–water partition coefficient (Wildman–Crippen LogP) is 3.41. The predicted molar refractivity (Wildman–Crippen MR) is 123 cm³/mol. The number of esters is 1. The van der Waals surface area contributed by atoms with Gasteiger partial charge in [-0.05, 0) is 62.4 Å². The van der Waals surface area contributed by atoms with E-state index in [2.05, 4.69) is 10.3 Å². The topological polar surface area (TPSA) is 114 Å². The van der Waals surface area contributed by atoms with Crippen molar-refractivity contribution in [1.29, 1.82) is 0 Å². The molecule has 1 N–H and O–H groups in total. The maximum atomic E-state index is 13.1. The van der Waals surface area contributed by atoms with E-state index >= 15 is 0 Å². The number of carbonyl (C=O) groups excluding carboxylic acids is 4. The molecule has 4 rings (SSSR count). The Morgan fingerprint density at radius 3 is 2.64 bits per heavy atom. The number of nitrogens with zero attached hydrogens (tertiary/aromatic N) is 2. The quantitative estimate of drug-likeness (QED) is 0.394. The van der Waals surface area contributed by atoms with E-state index in [1.807, 2.05) is 0 Å². The number of amides is 4. The molecule has 2 aromatic rings. The molecule has 0 radical (unpaired) electrons. The maximum Gasteiger partial charge on any atom is 0.341 e. The molecule has 0 spiro atoms. The highest BCUT2D eigenvalue weighted by molar-refractivity contribution is 7.16. The standard InChI is InChI=1S/C23H23N3O6S/c1-3-32-22(29)18-15-6-4-5-7-17(15)33-20(18)24-12-16-19(27)25-23(30)26(21(16)28)13-8-10-14(31-2)11-9-13/h8-12,16H,3-7H2,1-2H3,(H,25,27,30)/t16-/m0/s1. The summed E-state index contributed by atoms with van der Waals surface area (Å²) in [5, 5.41) is 2.61. The molecule has 1 aromatic heterocycles. The minimum absolute atomic E-state index is 0.231. The van der Waals surface area contributed by atoms with Crippen molar-refractivity contribution in [2.24, 2.45) is 10.9 Å². The summed E-state index contributed by atoms with van der Waals surface area (Å²) in [5.74, 6) is -2.71. The number of fused-ring (bicyclic) bond motifs is 1. The highest BCUT2D eigenvalue weighted by Gasteiger charge is 2.40. The number of imide groups is 2. The lowest BCUT2D eigenvalue weighted by Gasteiger charge is -2.28. The summed E-state index contributed by atoms with van der Waals surface area (Å²) >= 11 is 1.37. The molecule has 1 aliphatic heterocycles. The summed E-state index contributed by atoms with van der Waals surface area (Å²) in [5.41, 5.74) is 1.63. The van der Waals surface area contributed by atoms with Gasteiger partial charge >= 0.3 is 12.0 Å². The Morgan fingerprint density at radius 1 is 1.21 bits per heavy atom. The van der Waals surface area contributed by atoms with Gasteiger partial charge in [0.05, 0.1) is 25.0 Å². The van der Waals surface area contributed by atoms with Crippen molar-refractivity contribution in [3.05, 3.63) is 40.3 Å². The number of rotatable bonds is 6. The van der Waals surface area contributed by atoms with E-state index in [9.17, 15) is 19.2 Å². The molecule has 2 heterocycles. The fourth-order valence-corrected chi connectivity index (χ4v) is 5.13. The Bertz CT molecular complexity index is 1140. The first-order valence-corrected chi connectivity index (χ1v) is 11.4. The van der Waals surface area contributed by atoms with Crippen molar-refractivity contribution >= 4 is 52.1 Å². The first-order valence-electron chi connectivity index (χ1n) is 10.6. The van der Waals surface area contributed by atoms with Gasteiger partial charge in [0.15, 0.2) is 5.92 Å². The van der Waals surface area contributed by atoms with E-state index in [0.29, 0.717) is 22.0 Å². The number of hydrogen-bond acceptors (Lipinski definition) is 8. The number of ether oxygens (including phenoxy) is 2. The van der Waals surface area contributed by atoms with Crippen molar-refractivity contribution in [3.8, 4) is 5.75 Å². The first kappa shape index (κ1) is 22.7. The molecule has 9 nitrogen and oxygen atoms in total. The van der Waals surface area contributed by atoms with Crippen LogP contribution in [0.25, 0.3) is 0 Å². The second-order valence-electron chi connectivity index (χ2n) is 7.53. The van der Waals surface area contributed by atoms with E-state index in [4.69, 9.17) is 9.47 Å². The normalized spacial score (nSPS) is 18.3. The van der Waals surface area contributed by atoms with E-state index < -0.39 is 29.7 Å². The average Bonchev–Trinajstić information content (AvgIpc) is 3.17. The second-order valence-corrected chi connectivity index (χ2v) is 8.62. The summed E-state index contributed by atoms with van der Waals surface area (Å²) < 4.78 is 10.3. The molecule has 0 bridgehead atoms. The molecular formula is C23H23N3O6S. The number of hydrogen-bond donors (Lipinski definition) is 1. The number of methoxy groups -OCH3 is 1. The molecule has 2 aliphatic rings. The van der Waals surface area contributed by atoms with Gasteiger partial charge < -0.3 is 9.47 Å². The van der Waals surface area contributed by atoms with E-state index in [-0.39, 0.29) is 6.61 Å². The lowest BCUT2D eigenvalue weighted by atomic mass is 9.95. The maximum absolute atomic E-state index is 13.1. The minimum Gasteiger partial charge on any atom is -0.497 e. The number of thiophene rings is 1. The van der Waals surface area contributed by atoms with E-state index in [0.717, 1.165) is 41.0 Å². The van der Waals surface area contributed by atoms with Crippen LogP contribution in [-0.4, -0.2) is 43.7 Å². The average molecular weight is 470 g/mol. The SMILES string of the molecule is CCOC(=O)c1c(N=C[C@H]2C(=O)NC(=O)N(c3ccc(OC)cc3)C2=O)sc2c1CCCC2. The monoisotopic (exact) mass is 469 g/mol. The van der Waals surface area contributed by atoms with Crippen LogP contribution in [0.3, 0.4) is 0 Å². The van der Waals surface area contributed by atoms with Crippen LogP contribution in [0.1, 0.15) is 40.6 Å².